The molecule has 1 heterocycles. The van der Waals surface area contributed by atoms with E-state index in [1.807, 2.05) is 0 Å². The molecule has 1 aliphatic carbocycles. The molecule has 3 unspecified atom stereocenters. The van der Waals surface area contributed by atoms with E-state index in [-0.39, 0.29) is 17.8 Å². The average molecular weight is 246 g/mol. The Morgan fingerprint density at radius 3 is 2.75 bits per heavy atom. The second kappa shape index (κ2) is 5.02. The molecule has 2 fully saturated rings. The lowest BCUT2D eigenvalue weighted by Gasteiger charge is -2.23. The molecule has 1 saturated heterocycles. The molecule has 94 valence electrons. The molecule has 0 bridgehead atoms. The van der Waals surface area contributed by atoms with Crippen LogP contribution in [0, 0.1) is 5.92 Å². The summed E-state index contributed by atoms with van der Waals surface area (Å²) in [4.78, 5) is 0. The van der Waals surface area contributed by atoms with Gasteiger partial charge in [-0.05, 0) is 31.7 Å². The van der Waals surface area contributed by atoms with Crippen LogP contribution in [0.15, 0.2) is 0 Å². The molecule has 4 nitrogen and oxygen atoms in total. The Balaban J connectivity index is 1.78. The quantitative estimate of drug-likeness (QED) is 0.756. The number of piperidine rings is 1. The molecule has 0 aromatic heterocycles. The van der Waals surface area contributed by atoms with Crippen LogP contribution in [0.1, 0.15) is 39.0 Å². The highest BCUT2D eigenvalue weighted by Gasteiger charge is 2.38. The normalized spacial score (nSPS) is 34.9. The summed E-state index contributed by atoms with van der Waals surface area (Å²) in [5.74, 6) is 0.828. The third kappa shape index (κ3) is 3.43. The van der Waals surface area contributed by atoms with Crippen molar-refractivity contribution in [2.75, 3.05) is 12.3 Å². The molecule has 2 rings (SSSR count). The van der Waals surface area contributed by atoms with Crippen LogP contribution in [0.25, 0.3) is 0 Å². The minimum atomic E-state index is -3.07. The van der Waals surface area contributed by atoms with Gasteiger partial charge in [0.15, 0.2) is 0 Å². The van der Waals surface area contributed by atoms with Gasteiger partial charge in [-0.2, -0.15) is 0 Å². The predicted molar refractivity (Wildman–Crippen MR) is 64.8 cm³/mol. The van der Waals surface area contributed by atoms with Gasteiger partial charge in [-0.3, -0.25) is 0 Å². The number of nitrogens with one attached hydrogen (secondary N) is 2. The summed E-state index contributed by atoms with van der Waals surface area (Å²) in [5, 5.41) is 3.27. The molecule has 0 spiro atoms. The summed E-state index contributed by atoms with van der Waals surface area (Å²) in [5.41, 5.74) is 0. The number of hydrogen-bond acceptors (Lipinski definition) is 3. The first-order valence-electron chi connectivity index (χ1n) is 6.34. The van der Waals surface area contributed by atoms with Crippen molar-refractivity contribution < 1.29 is 8.42 Å². The lowest BCUT2D eigenvalue weighted by molar-refractivity contribution is 0.422. The highest BCUT2D eigenvalue weighted by Crippen LogP contribution is 2.33. The summed E-state index contributed by atoms with van der Waals surface area (Å²) in [7, 11) is -3.07. The topological polar surface area (TPSA) is 58.2 Å². The fourth-order valence-corrected chi connectivity index (χ4v) is 4.11. The minimum Gasteiger partial charge on any atom is -0.313 e. The zero-order valence-electron chi connectivity index (χ0n) is 9.91. The van der Waals surface area contributed by atoms with E-state index in [4.69, 9.17) is 0 Å². The van der Waals surface area contributed by atoms with E-state index in [0.29, 0.717) is 5.92 Å². The molecule has 2 aliphatic rings. The van der Waals surface area contributed by atoms with Crippen LogP contribution in [0.5, 0.6) is 0 Å². The highest BCUT2D eigenvalue weighted by molar-refractivity contribution is 7.89. The molecule has 0 radical (unpaired) electrons. The van der Waals surface area contributed by atoms with Gasteiger partial charge in [0.05, 0.1) is 5.75 Å². The zero-order valence-corrected chi connectivity index (χ0v) is 10.7. The van der Waals surface area contributed by atoms with Crippen molar-refractivity contribution in [1.29, 1.82) is 0 Å². The van der Waals surface area contributed by atoms with Gasteiger partial charge in [-0.15, -0.1) is 0 Å². The van der Waals surface area contributed by atoms with E-state index in [1.165, 1.54) is 6.42 Å². The van der Waals surface area contributed by atoms with Crippen LogP contribution in [-0.2, 0) is 10.0 Å². The zero-order chi connectivity index (χ0) is 11.6. The summed E-state index contributed by atoms with van der Waals surface area (Å²) >= 11 is 0. The van der Waals surface area contributed by atoms with Gasteiger partial charge in [-0.25, -0.2) is 13.1 Å². The molecule has 2 N–H and O–H groups in total. The fraction of sp³-hybridized carbons (Fsp3) is 1.00. The van der Waals surface area contributed by atoms with Crippen LogP contribution >= 0.6 is 0 Å². The van der Waals surface area contributed by atoms with Gasteiger partial charge < -0.3 is 5.32 Å². The number of sulfonamides is 1. The molecular formula is C11H22N2O2S. The van der Waals surface area contributed by atoms with Crippen molar-refractivity contribution in [3.63, 3.8) is 0 Å². The Morgan fingerprint density at radius 1 is 1.38 bits per heavy atom. The Bertz CT molecular complexity index is 323. The maximum absolute atomic E-state index is 11.9. The van der Waals surface area contributed by atoms with E-state index in [9.17, 15) is 8.42 Å². The molecule has 0 amide bonds. The first kappa shape index (κ1) is 12.3. The SMILES string of the molecule is CCC1CC1NS(=O)(=O)CC1CCCCN1. The molecule has 0 aromatic carbocycles. The second-order valence-corrected chi connectivity index (χ2v) is 6.86. The molecule has 5 heteroatoms. The van der Waals surface area contributed by atoms with Crippen molar-refractivity contribution in [1.82, 2.24) is 10.0 Å². The van der Waals surface area contributed by atoms with E-state index in [0.717, 1.165) is 32.2 Å². The Hall–Kier alpha value is -0.130. The monoisotopic (exact) mass is 246 g/mol. The van der Waals surface area contributed by atoms with Gasteiger partial charge in [0.1, 0.15) is 0 Å². The smallest absolute Gasteiger partial charge is 0.213 e. The van der Waals surface area contributed by atoms with Crippen molar-refractivity contribution in [3.05, 3.63) is 0 Å². The standard InChI is InChI=1S/C11H22N2O2S/c1-2-9-7-11(9)13-16(14,15)8-10-5-3-4-6-12-10/h9-13H,2-8H2,1H3. The molecule has 1 aliphatic heterocycles. The summed E-state index contributed by atoms with van der Waals surface area (Å²) < 4.78 is 26.5. The van der Waals surface area contributed by atoms with Crippen LogP contribution in [0.2, 0.25) is 0 Å². The van der Waals surface area contributed by atoms with E-state index < -0.39 is 10.0 Å². The van der Waals surface area contributed by atoms with Gasteiger partial charge in [0.2, 0.25) is 10.0 Å². The summed E-state index contributed by atoms with van der Waals surface area (Å²) in [6, 6.07) is 0.378. The van der Waals surface area contributed by atoms with Gasteiger partial charge in [0, 0.05) is 12.1 Å². The van der Waals surface area contributed by atoms with E-state index >= 15 is 0 Å². The highest BCUT2D eigenvalue weighted by atomic mass is 32.2. The molecule has 3 atom stereocenters. The van der Waals surface area contributed by atoms with Crippen molar-refractivity contribution >= 4 is 10.0 Å². The Morgan fingerprint density at radius 2 is 2.19 bits per heavy atom. The van der Waals surface area contributed by atoms with Gasteiger partial charge in [-0.1, -0.05) is 19.8 Å². The first-order valence-corrected chi connectivity index (χ1v) is 7.99. The third-order valence-electron chi connectivity index (χ3n) is 3.61. The number of rotatable bonds is 5. The second-order valence-electron chi connectivity index (χ2n) is 5.06. The lowest BCUT2D eigenvalue weighted by Crippen LogP contribution is -2.43. The van der Waals surface area contributed by atoms with Crippen LogP contribution in [-0.4, -0.2) is 32.8 Å². The van der Waals surface area contributed by atoms with Crippen molar-refractivity contribution in [3.8, 4) is 0 Å². The lowest BCUT2D eigenvalue weighted by atomic mass is 10.1. The van der Waals surface area contributed by atoms with E-state index in [1.54, 1.807) is 0 Å². The van der Waals surface area contributed by atoms with E-state index in [2.05, 4.69) is 17.0 Å². The van der Waals surface area contributed by atoms with Crippen molar-refractivity contribution in [2.24, 2.45) is 5.92 Å². The molecule has 0 aromatic rings. The van der Waals surface area contributed by atoms with Crippen LogP contribution < -0.4 is 10.0 Å². The third-order valence-corrected chi connectivity index (χ3v) is 5.11. The van der Waals surface area contributed by atoms with Crippen LogP contribution in [0.4, 0.5) is 0 Å². The summed E-state index contributed by atoms with van der Waals surface area (Å²) in [6.07, 6.45) is 5.41. The molecule has 16 heavy (non-hydrogen) atoms. The largest absolute Gasteiger partial charge is 0.313 e. The Labute approximate surface area is 98.2 Å². The fourth-order valence-electron chi connectivity index (χ4n) is 2.45. The molecule has 1 saturated carbocycles. The average Bonchev–Trinajstić information content (AvgIpc) is 2.96. The summed E-state index contributed by atoms with van der Waals surface area (Å²) in [6.45, 7) is 3.07. The van der Waals surface area contributed by atoms with Gasteiger partial charge >= 0.3 is 0 Å². The van der Waals surface area contributed by atoms with Crippen molar-refractivity contribution in [2.45, 2.75) is 51.1 Å². The number of hydrogen-bond donors (Lipinski definition) is 2. The van der Waals surface area contributed by atoms with Crippen LogP contribution in [0.3, 0.4) is 0 Å². The Kier molecular flexibility index (Phi) is 3.87. The minimum absolute atomic E-state index is 0.157. The molecular weight excluding hydrogens is 224 g/mol. The first-order chi connectivity index (χ1) is 7.61. The predicted octanol–water partition coefficient (Wildman–Crippen LogP) is 0.846. The maximum atomic E-state index is 11.9. The van der Waals surface area contributed by atoms with Gasteiger partial charge in [0.25, 0.3) is 0 Å². The maximum Gasteiger partial charge on any atom is 0.213 e.